The summed E-state index contributed by atoms with van der Waals surface area (Å²) in [5.41, 5.74) is 7.81. The van der Waals surface area contributed by atoms with Crippen molar-refractivity contribution in [3.63, 3.8) is 0 Å². The highest BCUT2D eigenvalue weighted by atomic mass is 16.5. The van der Waals surface area contributed by atoms with Crippen LogP contribution in [0.3, 0.4) is 0 Å². The monoisotopic (exact) mass is 341 g/mol. The molecule has 2 aromatic rings. The number of carbonyl (C=O) groups excluding carboxylic acids is 1. The van der Waals surface area contributed by atoms with Crippen molar-refractivity contribution in [1.82, 2.24) is 0 Å². The number of hydrogen-bond acceptors (Lipinski definition) is 6. The van der Waals surface area contributed by atoms with Crippen molar-refractivity contribution in [2.75, 3.05) is 13.7 Å². The fourth-order valence-electron chi connectivity index (χ4n) is 2.89. The summed E-state index contributed by atoms with van der Waals surface area (Å²) in [6, 6.07) is 12.1. The Kier molecular flexibility index (Phi) is 4.52. The molecule has 0 saturated carbocycles. The second-order valence-electron chi connectivity index (χ2n) is 5.53. The van der Waals surface area contributed by atoms with Gasteiger partial charge in [0.1, 0.15) is 22.8 Å². The average molecular weight is 341 g/mol. The summed E-state index contributed by atoms with van der Waals surface area (Å²) >= 11 is 0. The van der Waals surface area contributed by atoms with E-state index in [0.717, 1.165) is 11.1 Å². The average Bonchev–Trinajstić information content (AvgIpc) is 2.60. The molecule has 0 spiro atoms. The SMILES string of the molecule is CCOC(=O)C1=C(N)Oc2cc(O)ccc2C1c1ccc(OC)cc1. The van der Waals surface area contributed by atoms with Crippen molar-refractivity contribution in [2.24, 2.45) is 5.73 Å². The predicted octanol–water partition coefficient (Wildman–Crippen LogP) is 2.66. The van der Waals surface area contributed by atoms with Crippen molar-refractivity contribution >= 4 is 5.97 Å². The molecular formula is C19H19NO5. The lowest BCUT2D eigenvalue weighted by molar-refractivity contribution is -0.139. The zero-order valence-corrected chi connectivity index (χ0v) is 14.0. The standard InChI is InChI=1S/C19H19NO5/c1-3-24-19(22)17-16(11-4-7-13(23-2)8-5-11)14-9-6-12(21)10-15(14)25-18(17)20/h4-10,16,21H,3,20H2,1-2H3. The number of phenolic OH excluding ortho intramolecular Hbond substituents is 1. The van der Waals surface area contributed by atoms with Crippen LogP contribution >= 0.6 is 0 Å². The molecule has 3 rings (SSSR count). The quantitative estimate of drug-likeness (QED) is 0.831. The van der Waals surface area contributed by atoms with Gasteiger partial charge in [0.25, 0.3) is 0 Å². The van der Waals surface area contributed by atoms with Crippen molar-refractivity contribution in [3.8, 4) is 17.2 Å². The molecule has 0 fully saturated rings. The van der Waals surface area contributed by atoms with Crippen molar-refractivity contribution in [3.05, 3.63) is 65.0 Å². The molecule has 1 aliphatic rings. The zero-order valence-electron chi connectivity index (χ0n) is 14.0. The molecule has 0 aliphatic carbocycles. The molecule has 1 unspecified atom stereocenters. The molecule has 0 amide bonds. The van der Waals surface area contributed by atoms with E-state index in [1.165, 1.54) is 6.07 Å². The number of benzene rings is 2. The van der Waals surface area contributed by atoms with E-state index in [1.807, 2.05) is 24.3 Å². The maximum absolute atomic E-state index is 12.5. The summed E-state index contributed by atoms with van der Waals surface area (Å²) in [6.07, 6.45) is 0. The molecule has 130 valence electrons. The number of methoxy groups -OCH3 is 1. The second kappa shape index (κ2) is 6.76. The number of esters is 1. The van der Waals surface area contributed by atoms with E-state index in [1.54, 1.807) is 26.2 Å². The molecule has 1 atom stereocenters. The highest BCUT2D eigenvalue weighted by Gasteiger charge is 2.35. The van der Waals surface area contributed by atoms with Gasteiger partial charge < -0.3 is 25.1 Å². The Bertz CT molecular complexity index is 826. The van der Waals surface area contributed by atoms with E-state index in [9.17, 15) is 9.90 Å². The zero-order chi connectivity index (χ0) is 18.0. The number of rotatable bonds is 4. The van der Waals surface area contributed by atoms with Crippen molar-refractivity contribution in [2.45, 2.75) is 12.8 Å². The number of fused-ring (bicyclic) bond motifs is 1. The van der Waals surface area contributed by atoms with E-state index in [-0.39, 0.29) is 23.8 Å². The van der Waals surface area contributed by atoms with Gasteiger partial charge in [-0.15, -0.1) is 0 Å². The first-order valence-electron chi connectivity index (χ1n) is 7.86. The predicted molar refractivity (Wildman–Crippen MR) is 91.4 cm³/mol. The van der Waals surface area contributed by atoms with Gasteiger partial charge in [0.05, 0.1) is 19.6 Å². The summed E-state index contributed by atoms with van der Waals surface area (Å²) in [4.78, 5) is 12.5. The molecule has 1 heterocycles. The van der Waals surface area contributed by atoms with Gasteiger partial charge in [0, 0.05) is 11.6 Å². The van der Waals surface area contributed by atoms with E-state index in [4.69, 9.17) is 19.9 Å². The second-order valence-corrected chi connectivity index (χ2v) is 5.53. The maximum Gasteiger partial charge on any atom is 0.340 e. The van der Waals surface area contributed by atoms with E-state index < -0.39 is 11.9 Å². The first kappa shape index (κ1) is 16.7. The minimum atomic E-state index is -0.528. The molecule has 3 N–H and O–H groups in total. The van der Waals surface area contributed by atoms with Gasteiger partial charge in [-0.1, -0.05) is 18.2 Å². The van der Waals surface area contributed by atoms with E-state index in [2.05, 4.69) is 0 Å². The third-order valence-corrected chi connectivity index (χ3v) is 4.03. The largest absolute Gasteiger partial charge is 0.508 e. The van der Waals surface area contributed by atoms with Crippen LogP contribution in [0.5, 0.6) is 17.2 Å². The van der Waals surface area contributed by atoms with Gasteiger partial charge in [-0.25, -0.2) is 4.79 Å². The number of carbonyl (C=O) groups is 1. The number of nitrogens with two attached hydrogens (primary N) is 1. The molecule has 0 saturated heterocycles. The minimum absolute atomic E-state index is 0.0302. The summed E-state index contributed by atoms with van der Waals surface area (Å²) in [6.45, 7) is 1.96. The first-order valence-corrected chi connectivity index (χ1v) is 7.86. The fraction of sp³-hybridized carbons (Fsp3) is 0.211. The number of ether oxygens (including phenoxy) is 3. The topological polar surface area (TPSA) is 91.0 Å². The third kappa shape index (κ3) is 3.10. The smallest absolute Gasteiger partial charge is 0.340 e. The fourth-order valence-corrected chi connectivity index (χ4v) is 2.89. The van der Waals surface area contributed by atoms with Crippen LogP contribution in [0.15, 0.2) is 53.9 Å². The molecule has 25 heavy (non-hydrogen) atoms. The molecular weight excluding hydrogens is 322 g/mol. The van der Waals surface area contributed by atoms with Gasteiger partial charge in [-0.05, 0) is 30.7 Å². The van der Waals surface area contributed by atoms with Gasteiger partial charge in [0.2, 0.25) is 5.88 Å². The summed E-state index contributed by atoms with van der Waals surface area (Å²) < 4.78 is 15.9. The third-order valence-electron chi connectivity index (χ3n) is 4.03. The molecule has 1 aliphatic heterocycles. The van der Waals surface area contributed by atoms with Crippen LogP contribution < -0.4 is 15.2 Å². The van der Waals surface area contributed by atoms with Crippen LogP contribution in [0.1, 0.15) is 24.0 Å². The summed E-state index contributed by atoms with van der Waals surface area (Å²) in [7, 11) is 1.59. The van der Waals surface area contributed by atoms with Gasteiger partial charge in [-0.3, -0.25) is 0 Å². The maximum atomic E-state index is 12.5. The van der Waals surface area contributed by atoms with Crippen LogP contribution in [0.4, 0.5) is 0 Å². The minimum Gasteiger partial charge on any atom is -0.508 e. The number of hydrogen-bond donors (Lipinski definition) is 2. The Labute approximate surface area is 145 Å². The first-order chi connectivity index (χ1) is 12.0. The molecule has 0 bridgehead atoms. The molecule has 0 aromatic heterocycles. The molecule has 6 nitrogen and oxygen atoms in total. The Morgan fingerprint density at radius 3 is 2.60 bits per heavy atom. The lowest BCUT2D eigenvalue weighted by Gasteiger charge is -2.28. The van der Waals surface area contributed by atoms with Gasteiger partial charge in [-0.2, -0.15) is 0 Å². The normalized spacial score (nSPS) is 16.0. The van der Waals surface area contributed by atoms with E-state index in [0.29, 0.717) is 11.5 Å². The number of aromatic hydroxyl groups is 1. The van der Waals surface area contributed by atoms with Gasteiger partial charge in [0.15, 0.2) is 0 Å². The van der Waals surface area contributed by atoms with Crippen LogP contribution in [0.25, 0.3) is 0 Å². The molecule has 2 aromatic carbocycles. The Morgan fingerprint density at radius 1 is 1.24 bits per heavy atom. The Morgan fingerprint density at radius 2 is 1.96 bits per heavy atom. The van der Waals surface area contributed by atoms with Crippen LogP contribution in [0, 0.1) is 0 Å². The molecule has 6 heteroatoms. The highest BCUT2D eigenvalue weighted by Crippen LogP contribution is 2.44. The Hall–Kier alpha value is -3.15. The van der Waals surface area contributed by atoms with Crippen molar-refractivity contribution in [1.29, 1.82) is 0 Å². The van der Waals surface area contributed by atoms with Crippen LogP contribution in [-0.2, 0) is 9.53 Å². The summed E-state index contributed by atoms with van der Waals surface area (Å²) in [5.74, 6) is 0.147. The summed E-state index contributed by atoms with van der Waals surface area (Å²) in [5, 5.41) is 9.71. The lowest BCUT2D eigenvalue weighted by atomic mass is 9.83. The Balaban J connectivity index is 2.15. The highest BCUT2D eigenvalue weighted by molar-refractivity contribution is 5.92. The lowest BCUT2D eigenvalue weighted by Crippen LogP contribution is -2.27. The van der Waals surface area contributed by atoms with Crippen molar-refractivity contribution < 1.29 is 24.1 Å². The van der Waals surface area contributed by atoms with Crippen LogP contribution in [-0.4, -0.2) is 24.8 Å². The van der Waals surface area contributed by atoms with Crippen LogP contribution in [0.2, 0.25) is 0 Å². The van der Waals surface area contributed by atoms with E-state index >= 15 is 0 Å². The molecule has 0 radical (unpaired) electrons. The van der Waals surface area contributed by atoms with Gasteiger partial charge >= 0.3 is 5.97 Å². The number of phenols is 1.